The monoisotopic (exact) mass is 330 g/mol. The minimum absolute atomic E-state index is 0.0429. The molecule has 1 aliphatic rings. The number of benzene rings is 1. The smallest absolute Gasteiger partial charge is 0.283 e. The van der Waals surface area contributed by atoms with Crippen molar-refractivity contribution in [1.29, 1.82) is 0 Å². The Kier molecular flexibility index (Phi) is 5.06. The molecule has 1 saturated carbocycles. The lowest BCUT2D eigenvalue weighted by Gasteiger charge is -2.34. The third kappa shape index (κ3) is 3.47. The first kappa shape index (κ1) is 16.0. The van der Waals surface area contributed by atoms with Crippen LogP contribution >= 0.6 is 23.2 Å². The molecule has 1 aromatic carbocycles. The van der Waals surface area contributed by atoms with Crippen LogP contribution < -0.4 is 0 Å². The van der Waals surface area contributed by atoms with Gasteiger partial charge in [-0.3, -0.25) is 14.9 Å². The summed E-state index contributed by atoms with van der Waals surface area (Å²) in [4.78, 5) is 24.6. The summed E-state index contributed by atoms with van der Waals surface area (Å²) in [5, 5.41) is 11.2. The van der Waals surface area contributed by atoms with Crippen molar-refractivity contribution in [3.8, 4) is 0 Å². The number of amides is 1. The second-order valence-corrected chi connectivity index (χ2v) is 6.20. The molecule has 0 N–H and O–H groups in total. The SMILES string of the molecule is CN(C(=O)c1ccc(Cl)cc1[N+](=O)[O-])C1CCCCC1Cl. The maximum atomic E-state index is 12.5. The first-order chi connectivity index (χ1) is 9.91. The van der Waals surface area contributed by atoms with Crippen LogP contribution in [0, 0.1) is 10.1 Å². The summed E-state index contributed by atoms with van der Waals surface area (Å²) in [7, 11) is 1.64. The number of carbonyl (C=O) groups excluding carboxylic acids is 1. The second kappa shape index (κ2) is 6.62. The van der Waals surface area contributed by atoms with Crippen molar-refractivity contribution in [3.05, 3.63) is 38.9 Å². The fourth-order valence-corrected chi connectivity index (χ4v) is 3.30. The number of nitro benzene ring substituents is 1. The topological polar surface area (TPSA) is 63.5 Å². The number of nitrogens with zero attached hydrogens (tertiary/aromatic N) is 2. The fourth-order valence-electron chi connectivity index (χ4n) is 2.68. The third-order valence-electron chi connectivity index (χ3n) is 3.85. The molecule has 0 heterocycles. The molecule has 0 aliphatic heterocycles. The maximum Gasteiger partial charge on any atom is 0.283 e. The summed E-state index contributed by atoms with van der Waals surface area (Å²) in [5.41, 5.74) is -0.234. The van der Waals surface area contributed by atoms with E-state index in [1.807, 2.05) is 0 Å². The van der Waals surface area contributed by atoms with Gasteiger partial charge in [-0.2, -0.15) is 0 Å². The molecule has 0 aromatic heterocycles. The van der Waals surface area contributed by atoms with Crippen molar-refractivity contribution in [2.24, 2.45) is 0 Å². The minimum atomic E-state index is -0.591. The van der Waals surface area contributed by atoms with Crippen LogP contribution in [0.5, 0.6) is 0 Å². The summed E-state index contributed by atoms with van der Waals surface area (Å²) >= 11 is 12.1. The molecule has 5 nitrogen and oxygen atoms in total. The Hall–Kier alpha value is -1.33. The number of carbonyl (C=O) groups is 1. The number of hydrogen-bond donors (Lipinski definition) is 0. The molecule has 2 rings (SSSR count). The van der Waals surface area contributed by atoms with Gasteiger partial charge in [0.2, 0.25) is 0 Å². The maximum absolute atomic E-state index is 12.5. The van der Waals surface area contributed by atoms with Crippen LogP contribution in [-0.2, 0) is 0 Å². The van der Waals surface area contributed by atoms with Gasteiger partial charge >= 0.3 is 0 Å². The highest BCUT2D eigenvalue weighted by molar-refractivity contribution is 6.31. The van der Waals surface area contributed by atoms with Crippen molar-refractivity contribution >= 4 is 34.8 Å². The van der Waals surface area contributed by atoms with Crippen molar-refractivity contribution in [1.82, 2.24) is 4.90 Å². The van der Waals surface area contributed by atoms with Crippen LogP contribution in [0.1, 0.15) is 36.0 Å². The van der Waals surface area contributed by atoms with Gasteiger partial charge in [-0.05, 0) is 25.0 Å². The average molecular weight is 331 g/mol. The molecule has 0 spiro atoms. The van der Waals surface area contributed by atoms with Crippen molar-refractivity contribution in [3.63, 3.8) is 0 Å². The molecular formula is C14H16Cl2N2O3. The van der Waals surface area contributed by atoms with Gasteiger partial charge < -0.3 is 4.90 Å². The number of alkyl halides is 1. The van der Waals surface area contributed by atoms with Gasteiger partial charge in [-0.15, -0.1) is 11.6 Å². The van der Waals surface area contributed by atoms with Crippen LogP contribution in [0.3, 0.4) is 0 Å². The van der Waals surface area contributed by atoms with Gasteiger partial charge in [0.05, 0.1) is 10.3 Å². The Bertz CT molecular complexity index is 565. The van der Waals surface area contributed by atoms with E-state index in [9.17, 15) is 14.9 Å². The van der Waals surface area contributed by atoms with E-state index in [0.29, 0.717) is 0 Å². The van der Waals surface area contributed by atoms with Crippen molar-refractivity contribution in [2.75, 3.05) is 7.05 Å². The molecule has 0 saturated heterocycles. The van der Waals surface area contributed by atoms with Crippen LogP contribution in [0.25, 0.3) is 0 Å². The standard InChI is InChI=1S/C14H16Cl2N2O3/c1-17(12-5-3-2-4-11(12)16)14(19)10-7-6-9(15)8-13(10)18(20)21/h6-8,11-12H,2-5H2,1H3. The Morgan fingerprint density at radius 3 is 2.67 bits per heavy atom. The second-order valence-electron chi connectivity index (χ2n) is 5.20. The molecule has 0 radical (unpaired) electrons. The molecule has 114 valence electrons. The van der Waals surface area contributed by atoms with E-state index >= 15 is 0 Å². The van der Waals surface area contributed by atoms with E-state index in [-0.39, 0.29) is 27.7 Å². The Labute approximate surface area is 133 Å². The van der Waals surface area contributed by atoms with Crippen LogP contribution in [0.15, 0.2) is 18.2 Å². The highest BCUT2D eigenvalue weighted by Crippen LogP contribution is 2.30. The summed E-state index contributed by atoms with van der Waals surface area (Å²) in [6, 6.07) is 3.98. The van der Waals surface area contributed by atoms with Gasteiger partial charge in [-0.1, -0.05) is 24.4 Å². The zero-order valence-electron chi connectivity index (χ0n) is 11.6. The predicted octanol–water partition coefficient (Wildman–Crippen LogP) is 3.87. The lowest BCUT2D eigenvalue weighted by molar-refractivity contribution is -0.385. The first-order valence-electron chi connectivity index (χ1n) is 6.77. The summed E-state index contributed by atoms with van der Waals surface area (Å²) < 4.78 is 0. The lowest BCUT2D eigenvalue weighted by Crippen LogP contribution is -2.44. The van der Waals surface area contributed by atoms with Crippen LogP contribution in [-0.4, -0.2) is 34.2 Å². The van der Waals surface area contributed by atoms with E-state index in [0.717, 1.165) is 25.7 Å². The Morgan fingerprint density at radius 2 is 2.05 bits per heavy atom. The number of nitro groups is 1. The quantitative estimate of drug-likeness (QED) is 0.480. The zero-order valence-corrected chi connectivity index (χ0v) is 13.1. The molecule has 2 atom stereocenters. The molecule has 1 aromatic rings. The number of rotatable bonds is 3. The van der Waals surface area contributed by atoms with E-state index in [2.05, 4.69) is 0 Å². The van der Waals surface area contributed by atoms with E-state index in [4.69, 9.17) is 23.2 Å². The molecule has 1 fully saturated rings. The van der Waals surface area contributed by atoms with Gasteiger partial charge in [0.15, 0.2) is 0 Å². The minimum Gasteiger partial charge on any atom is -0.337 e. The number of hydrogen-bond acceptors (Lipinski definition) is 3. The van der Waals surface area contributed by atoms with Crippen molar-refractivity contribution < 1.29 is 9.72 Å². The molecule has 2 unspecified atom stereocenters. The molecular weight excluding hydrogens is 315 g/mol. The highest BCUT2D eigenvalue weighted by atomic mass is 35.5. The Balaban J connectivity index is 2.29. The van der Waals surface area contributed by atoms with Gasteiger partial charge in [0.25, 0.3) is 11.6 Å². The van der Waals surface area contributed by atoms with Gasteiger partial charge in [0, 0.05) is 24.2 Å². The third-order valence-corrected chi connectivity index (χ3v) is 4.60. The fraction of sp³-hybridized carbons (Fsp3) is 0.500. The summed E-state index contributed by atoms with van der Waals surface area (Å²) in [5.74, 6) is -0.393. The normalized spacial score (nSPS) is 21.9. The van der Waals surface area contributed by atoms with Crippen LogP contribution in [0.4, 0.5) is 5.69 Å². The van der Waals surface area contributed by atoms with E-state index in [1.165, 1.54) is 23.1 Å². The highest BCUT2D eigenvalue weighted by Gasteiger charge is 2.32. The predicted molar refractivity (Wildman–Crippen MR) is 82.1 cm³/mol. The zero-order chi connectivity index (χ0) is 15.6. The first-order valence-corrected chi connectivity index (χ1v) is 7.58. The molecule has 21 heavy (non-hydrogen) atoms. The number of halogens is 2. The Morgan fingerprint density at radius 1 is 1.38 bits per heavy atom. The summed E-state index contributed by atoms with van der Waals surface area (Å²) in [6.45, 7) is 0. The van der Waals surface area contributed by atoms with Crippen molar-refractivity contribution in [2.45, 2.75) is 37.1 Å². The molecule has 0 bridgehead atoms. The average Bonchev–Trinajstić information content (AvgIpc) is 2.46. The van der Waals surface area contributed by atoms with E-state index < -0.39 is 10.8 Å². The molecule has 7 heteroatoms. The molecule has 1 aliphatic carbocycles. The summed E-state index contributed by atoms with van der Waals surface area (Å²) in [6.07, 6.45) is 3.73. The van der Waals surface area contributed by atoms with Gasteiger partial charge in [0.1, 0.15) is 5.56 Å². The van der Waals surface area contributed by atoms with Gasteiger partial charge in [-0.25, -0.2) is 0 Å². The lowest BCUT2D eigenvalue weighted by atomic mass is 9.93. The molecule has 1 amide bonds. The largest absolute Gasteiger partial charge is 0.337 e. The van der Waals surface area contributed by atoms with E-state index in [1.54, 1.807) is 7.05 Å². The van der Waals surface area contributed by atoms with Crippen LogP contribution in [0.2, 0.25) is 5.02 Å².